The van der Waals surface area contributed by atoms with E-state index in [-0.39, 0.29) is 10.5 Å². The van der Waals surface area contributed by atoms with Gasteiger partial charge in [0.15, 0.2) is 23.6 Å². The largest absolute Gasteiger partial charge is 0.449 e. The maximum absolute atomic E-state index is 13.7. The van der Waals surface area contributed by atoms with Crippen LogP contribution in [-0.2, 0) is 19.6 Å². The minimum atomic E-state index is -3.89. The molecule has 7 nitrogen and oxygen atoms in total. The first-order valence-corrected chi connectivity index (χ1v) is 11.3. The lowest BCUT2D eigenvalue weighted by Crippen LogP contribution is -2.30. The Morgan fingerprint density at radius 1 is 0.912 bits per heavy atom. The Bertz CT molecular complexity index is 1320. The van der Waals surface area contributed by atoms with Gasteiger partial charge in [0.25, 0.3) is 15.9 Å². The molecule has 0 saturated heterocycles. The zero-order chi connectivity index (χ0) is 25.0. The second kappa shape index (κ2) is 9.96. The summed E-state index contributed by atoms with van der Waals surface area (Å²) in [5.41, 5.74) is -0.216. The van der Waals surface area contributed by atoms with Crippen LogP contribution in [0.2, 0.25) is 0 Å². The summed E-state index contributed by atoms with van der Waals surface area (Å²) in [4.78, 5) is 24.4. The maximum Gasteiger partial charge on any atom is 0.338 e. The van der Waals surface area contributed by atoms with Gasteiger partial charge in [-0.2, -0.15) is 0 Å². The molecule has 0 aromatic heterocycles. The van der Waals surface area contributed by atoms with Crippen LogP contribution in [0.4, 0.5) is 24.5 Å². The number of carbonyl (C=O) groups is 2. The third-order valence-electron chi connectivity index (χ3n) is 4.81. The van der Waals surface area contributed by atoms with E-state index in [0.717, 1.165) is 10.4 Å². The van der Waals surface area contributed by atoms with Crippen molar-refractivity contribution in [3.63, 3.8) is 0 Å². The molecule has 1 N–H and O–H groups in total. The molecule has 0 saturated carbocycles. The van der Waals surface area contributed by atoms with Gasteiger partial charge in [-0.1, -0.05) is 18.2 Å². The van der Waals surface area contributed by atoms with E-state index in [2.05, 4.69) is 0 Å². The predicted octanol–water partition coefficient (Wildman–Crippen LogP) is 4.11. The molecule has 1 unspecified atom stereocenters. The molecule has 0 radical (unpaired) electrons. The van der Waals surface area contributed by atoms with Crippen molar-refractivity contribution in [2.24, 2.45) is 0 Å². The van der Waals surface area contributed by atoms with Crippen molar-refractivity contribution in [3.8, 4) is 0 Å². The molecule has 1 atom stereocenters. The van der Waals surface area contributed by atoms with Crippen LogP contribution in [-0.4, -0.2) is 33.4 Å². The number of halogens is 3. The van der Waals surface area contributed by atoms with Gasteiger partial charge in [0, 0.05) is 7.05 Å². The number of sulfonamides is 1. The van der Waals surface area contributed by atoms with E-state index >= 15 is 0 Å². The third kappa shape index (κ3) is 5.20. The number of anilines is 2. The van der Waals surface area contributed by atoms with Crippen molar-refractivity contribution in [2.75, 3.05) is 16.7 Å². The molecule has 0 fully saturated rings. The lowest BCUT2D eigenvalue weighted by Gasteiger charge is -2.19. The van der Waals surface area contributed by atoms with Crippen molar-refractivity contribution in [3.05, 3.63) is 89.7 Å². The number of hydrogen-bond acceptors (Lipinski definition) is 5. The second-order valence-corrected chi connectivity index (χ2v) is 9.06. The molecule has 0 spiro atoms. The van der Waals surface area contributed by atoms with E-state index in [1.54, 1.807) is 30.3 Å². The number of nitrogens with one attached hydrogen (secondary N) is 1. The zero-order valence-corrected chi connectivity index (χ0v) is 18.8. The quantitative estimate of drug-likeness (QED) is 0.396. The number of esters is 1. The van der Waals surface area contributed by atoms with Gasteiger partial charge in [0.05, 0.1) is 21.8 Å². The SMILES string of the molecule is CC(OC(=O)c1ccc(S(=O)(=O)N(C)c2ccccc2)cc1)C(=O)Nc1ccc(F)c(F)c1F. The number of carbonyl (C=O) groups excluding carboxylic acids is 2. The van der Waals surface area contributed by atoms with Crippen LogP contribution in [0.5, 0.6) is 0 Å². The van der Waals surface area contributed by atoms with Crippen molar-refractivity contribution in [1.82, 2.24) is 0 Å². The van der Waals surface area contributed by atoms with E-state index in [1.807, 2.05) is 5.32 Å². The van der Waals surface area contributed by atoms with Crippen LogP contribution in [0.25, 0.3) is 0 Å². The summed E-state index contributed by atoms with van der Waals surface area (Å²) in [6.45, 7) is 1.19. The summed E-state index contributed by atoms with van der Waals surface area (Å²) >= 11 is 0. The van der Waals surface area contributed by atoms with Crippen LogP contribution in [0.15, 0.2) is 71.6 Å². The van der Waals surface area contributed by atoms with Gasteiger partial charge in [-0.3, -0.25) is 9.10 Å². The average Bonchev–Trinajstić information content (AvgIpc) is 2.84. The molecule has 0 aliphatic heterocycles. The molecule has 3 aromatic rings. The Kier molecular flexibility index (Phi) is 7.26. The number of para-hydroxylation sites is 1. The summed E-state index contributed by atoms with van der Waals surface area (Å²) in [5.74, 6) is -6.70. The Hall–Kier alpha value is -3.86. The van der Waals surface area contributed by atoms with Gasteiger partial charge < -0.3 is 10.1 Å². The Morgan fingerprint density at radius 3 is 2.15 bits per heavy atom. The number of rotatable bonds is 7. The fourth-order valence-electron chi connectivity index (χ4n) is 2.84. The summed E-state index contributed by atoms with van der Waals surface area (Å²) in [7, 11) is -2.50. The molecule has 0 aliphatic carbocycles. The molecule has 3 aromatic carbocycles. The minimum absolute atomic E-state index is 0.0417. The summed E-state index contributed by atoms with van der Waals surface area (Å²) < 4.78 is 71.7. The van der Waals surface area contributed by atoms with Gasteiger partial charge in [-0.25, -0.2) is 26.4 Å². The summed E-state index contributed by atoms with van der Waals surface area (Å²) in [5, 5.41) is 2.01. The highest BCUT2D eigenvalue weighted by Crippen LogP contribution is 2.23. The number of benzene rings is 3. The third-order valence-corrected chi connectivity index (χ3v) is 6.61. The number of ether oxygens (including phenoxy) is 1. The van der Waals surface area contributed by atoms with Gasteiger partial charge in [-0.15, -0.1) is 0 Å². The highest BCUT2D eigenvalue weighted by Gasteiger charge is 2.24. The molecular weight excluding hydrogens is 473 g/mol. The van der Waals surface area contributed by atoms with Crippen LogP contribution >= 0.6 is 0 Å². The van der Waals surface area contributed by atoms with E-state index in [1.165, 1.54) is 38.2 Å². The molecule has 34 heavy (non-hydrogen) atoms. The normalized spacial score (nSPS) is 12.0. The predicted molar refractivity (Wildman–Crippen MR) is 118 cm³/mol. The summed E-state index contributed by atoms with van der Waals surface area (Å²) in [6, 6.07) is 14.7. The van der Waals surface area contributed by atoms with Crippen molar-refractivity contribution >= 4 is 33.3 Å². The fourth-order valence-corrected chi connectivity index (χ4v) is 4.03. The van der Waals surface area contributed by atoms with Crippen molar-refractivity contribution in [2.45, 2.75) is 17.9 Å². The monoisotopic (exact) mass is 492 g/mol. The first kappa shape index (κ1) is 24.8. The first-order chi connectivity index (χ1) is 16.0. The van der Waals surface area contributed by atoms with Crippen LogP contribution < -0.4 is 9.62 Å². The van der Waals surface area contributed by atoms with E-state index < -0.39 is 51.1 Å². The molecule has 178 valence electrons. The van der Waals surface area contributed by atoms with E-state index in [4.69, 9.17) is 4.74 Å². The van der Waals surface area contributed by atoms with Gasteiger partial charge in [-0.05, 0) is 55.5 Å². The molecule has 3 rings (SSSR count). The smallest absolute Gasteiger partial charge is 0.338 e. The number of nitrogens with zero attached hydrogens (tertiary/aromatic N) is 1. The Labute approximate surface area is 193 Å². The van der Waals surface area contributed by atoms with Gasteiger partial charge in [0.2, 0.25) is 0 Å². The Balaban J connectivity index is 1.67. The maximum atomic E-state index is 13.7. The summed E-state index contributed by atoms with van der Waals surface area (Å²) in [6.07, 6.45) is -1.42. The minimum Gasteiger partial charge on any atom is -0.449 e. The van der Waals surface area contributed by atoms with E-state index in [9.17, 15) is 31.2 Å². The topological polar surface area (TPSA) is 92.8 Å². The van der Waals surface area contributed by atoms with Crippen molar-refractivity contribution in [1.29, 1.82) is 0 Å². The Morgan fingerprint density at radius 2 is 1.53 bits per heavy atom. The molecule has 11 heteroatoms. The zero-order valence-electron chi connectivity index (χ0n) is 18.0. The van der Waals surface area contributed by atoms with Crippen LogP contribution in [0.1, 0.15) is 17.3 Å². The molecule has 0 heterocycles. The second-order valence-electron chi connectivity index (χ2n) is 7.09. The lowest BCUT2D eigenvalue weighted by atomic mass is 10.2. The molecular formula is C23H19F3N2O5S. The fraction of sp³-hybridized carbons (Fsp3) is 0.130. The van der Waals surface area contributed by atoms with Gasteiger partial charge in [0.1, 0.15) is 0 Å². The number of hydrogen-bond donors (Lipinski definition) is 1. The molecule has 0 aliphatic rings. The first-order valence-electron chi connectivity index (χ1n) is 9.81. The highest BCUT2D eigenvalue weighted by molar-refractivity contribution is 7.92. The lowest BCUT2D eigenvalue weighted by molar-refractivity contribution is -0.123. The average molecular weight is 492 g/mol. The molecule has 0 bridgehead atoms. The number of amides is 1. The standard InChI is InChI=1S/C23H19F3N2O5S/c1-14(22(29)27-19-13-12-18(24)20(25)21(19)26)33-23(30)15-8-10-17(11-9-15)34(31,32)28(2)16-6-4-3-5-7-16/h3-14H,1-2H3,(H,27,29). The van der Waals surface area contributed by atoms with Crippen LogP contribution in [0.3, 0.4) is 0 Å². The molecule has 1 amide bonds. The van der Waals surface area contributed by atoms with Gasteiger partial charge >= 0.3 is 5.97 Å². The van der Waals surface area contributed by atoms with E-state index in [0.29, 0.717) is 11.8 Å². The highest BCUT2D eigenvalue weighted by atomic mass is 32.2. The van der Waals surface area contributed by atoms with Crippen LogP contribution in [0, 0.1) is 17.5 Å². The van der Waals surface area contributed by atoms with Crippen molar-refractivity contribution < 1.29 is 35.9 Å².